The summed E-state index contributed by atoms with van der Waals surface area (Å²) in [6.07, 6.45) is -14.7. The van der Waals surface area contributed by atoms with Crippen molar-refractivity contribution in [2.75, 3.05) is 19.8 Å². The molecule has 9 N–H and O–H groups in total. The average molecular weight is 344 g/mol. The van der Waals surface area contributed by atoms with Crippen LogP contribution in [0.15, 0.2) is 0 Å². The van der Waals surface area contributed by atoms with Gasteiger partial charge in [0.15, 0.2) is 6.29 Å². The highest BCUT2D eigenvalue weighted by atomic mass is 16.7. The lowest BCUT2D eigenvalue weighted by Gasteiger charge is -2.40. The van der Waals surface area contributed by atoms with Crippen molar-refractivity contribution in [2.45, 2.75) is 55.1 Å². The molecule has 138 valence electrons. The van der Waals surface area contributed by atoms with Gasteiger partial charge in [-0.05, 0) is 0 Å². The zero-order valence-electron chi connectivity index (χ0n) is 12.2. The summed E-state index contributed by atoms with van der Waals surface area (Å²) in [5.74, 6) is 0. The van der Waals surface area contributed by atoms with Gasteiger partial charge < -0.3 is 55.4 Å². The summed E-state index contributed by atoms with van der Waals surface area (Å²) in [6, 6.07) is 0. The van der Waals surface area contributed by atoms with Gasteiger partial charge in [0.1, 0.15) is 48.8 Å². The summed E-state index contributed by atoms with van der Waals surface area (Å²) in [7, 11) is 0. The second-order valence-electron chi connectivity index (χ2n) is 5.33. The fourth-order valence-corrected chi connectivity index (χ4v) is 2.06. The summed E-state index contributed by atoms with van der Waals surface area (Å²) in [5, 5.41) is 84.4. The summed E-state index contributed by atoms with van der Waals surface area (Å²) in [6.45, 7) is -2.16. The van der Waals surface area contributed by atoms with Gasteiger partial charge in [-0.2, -0.15) is 0 Å². The first-order chi connectivity index (χ1) is 10.7. The van der Waals surface area contributed by atoms with Crippen LogP contribution in [0.2, 0.25) is 0 Å². The first kappa shape index (κ1) is 20.6. The zero-order chi connectivity index (χ0) is 17.7. The Balaban J connectivity index is 2.55. The van der Waals surface area contributed by atoms with E-state index in [4.69, 9.17) is 19.7 Å². The fraction of sp³-hybridized carbons (Fsp3) is 1.00. The van der Waals surface area contributed by atoms with Gasteiger partial charge in [-0.25, -0.2) is 0 Å². The van der Waals surface area contributed by atoms with Crippen LogP contribution < -0.4 is 0 Å². The monoisotopic (exact) mass is 344 g/mol. The number of aliphatic hydroxyl groups is 9. The summed E-state index contributed by atoms with van der Waals surface area (Å²) >= 11 is 0. The standard InChI is InChI=1S/C12H24O11/c13-1-4(15)7(17)8(18)5(16)3-22-12-11(21)10(20)9(19)6(2-14)23-12/h4-21H,1-3H2/t4-,5+,6+,7-,8+,9+,10+,11+,12-/m0/s1. The second kappa shape index (κ2) is 9.15. The molecule has 0 aromatic heterocycles. The third kappa shape index (κ3) is 5.01. The van der Waals surface area contributed by atoms with Crippen molar-refractivity contribution >= 4 is 0 Å². The maximum atomic E-state index is 9.70. The minimum absolute atomic E-state index is 0.655. The molecule has 0 radical (unpaired) electrons. The quantitative estimate of drug-likeness (QED) is 0.203. The minimum Gasteiger partial charge on any atom is -0.394 e. The first-order valence-electron chi connectivity index (χ1n) is 6.99. The fourth-order valence-electron chi connectivity index (χ4n) is 2.06. The lowest BCUT2D eigenvalue weighted by atomic mass is 9.99. The number of aliphatic hydroxyl groups excluding tert-OH is 9. The molecule has 0 spiro atoms. The van der Waals surface area contributed by atoms with Crippen LogP contribution in [0.5, 0.6) is 0 Å². The highest BCUT2D eigenvalue weighted by Gasteiger charge is 2.44. The van der Waals surface area contributed by atoms with Crippen LogP contribution in [-0.2, 0) is 9.47 Å². The normalized spacial score (nSPS) is 37.2. The molecule has 1 aliphatic rings. The van der Waals surface area contributed by atoms with Gasteiger partial charge in [-0.15, -0.1) is 0 Å². The smallest absolute Gasteiger partial charge is 0.186 e. The molecular weight excluding hydrogens is 320 g/mol. The van der Waals surface area contributed by atoms with Crippen molar-refractivity contribution in [2.24, 2.45) is 0 Å². The molecule has 0 unspecified atom stereocenters. The Hall–Kier alpha value is -0.440. The van der Waals surface area contributed by atoms with E-state index in [1.807, 2.05) is 0 Å². The van der Waals surface area contributed by atoms with Crippen molar-refractivity contribution in [1.82, 2.24) is 0 Å². The van der Waals surface area contributed by atoms with Crippen molar-refractivity contribution in [3.05, 3.63) is 0 Å². The Morgan fingerprint density at radius 2 is 1.39 bits per heavy atom. The molecule has 11 heteroatoms. The highest BCUT2D eigenvalue weighted by molar-refractivity contribution is 4.89. The van der Waals surface area contributed by atoms with Gasteiger partial charge in [-0.3, -0.25) is 0 Å². The van der Waals surface area contributed by atoms with E-state index in [9.17, 15) is 35.7 Å². The van der Waals surface area contributed by atoms with Crippen molar-refractivity contribution in [3.8, 4) is 0 Å². The van der Waals surface area contributed by atoms with Crippen LogP contribution in [-0.4, -0.2) is 121 Å². The number of ether oxygens (including phenoxy) is 2. The van der Waals surface area contributed by atoms with Crippen LogP contribution in [0.25, 0.3) is 0 Å². The van der Waals surface area contributed by atoms with Crippen molar-refractivity contribution in [3.63, 3.8) is 0 Å². The molecule has 0 aliphatic carbocycles. The molecule has 0 bridgehead atoms. The summed E-state index contributed by atoms with van der Waals surface area (Å²) in [4.78, 5) is 0. The van der Waals surface area contributed by atoms with E-state index >= 15 is 0 Å². The highest BCUT2D eigenvalue weighted by Crippen LogP contribution is 2.22. The molecule has 9 atom stereocenters. The van der Waals surface area contributed by atoms with Crippen molar-refractivity contribution in [1.29, 1.82) is 0 Å². The molecule has 0 aromatic carbocycles. The van der Waals surface area contributed by atoms with Crippen LogP contribution >= 0.6 is 0 Å². The number of hydrogen-bond acceptors (Lipinski definition) is 11. The van der Waals surface area contributed by atoms with Gasteiger partial charge >= 0.3 is 0 Å². The maximum Gasteiger partial charge on any atom is 0.186 e. The van der Waals surface area contributed by atoms with Crippen LogP contribution in [0.1, 0.15) is 0 Å². The predicted octanol–water partition coefficient (Wildman–Crippen LogP) is -5.76. The summed E-state index contributed by atoms with van der Waals surface area (Å²) in [5.41, 5.74) is 0. The van der Waals surface area contributed by atoms with Crippen LogP contribution in [0.4, 0.5) is 0 Å². The average Bonchev–Trinajstić information content (AvgIpc) is 2.56. The lowest BCUT2D eigenvalue weighted by molar-refractivity contribution is -0.306. The number of hydrogen-bond donors (Lipinski definition) is 9. The topological polar surface area (TPSA) is 201 Å². The van der Waals surface area contributed by atoms with Gasteiger partial charge in [0.25, 0.3) is 0 Å². The molecular formula is C12H24O11. The van der Waals surface area contributed by atoms with E-state index in [0.29, 0.717) is 0 Å². The molecule has 23 heavy (non-hydrogen) atoms. The zero-order valence-corrected chi connectivity index (χ0v) is 12.2. The maximum absolute atomic E-state index is 9.70. The van der Waals surface area contributed by atoms with Gasteiger partial charge in [0.2, 0.25) is 0 Å². The Morgan fingerprint density at radius 1 is 0.826 bits per heavy atom. The van der Waals surface area contributed by atoms with E-state index < -0.39 is 74.9 Å². The molecule has 1 aliphatic heterocycles. The van der Waals surface area contributed by atoms with Gasteiger partial charge in [-0.1, -0.05) is 0 Å². The second-order valence-corrected chi connectivity index (χ2v) is 5.33. The molecule has 1 saturated heterocycles. The molecule has 0 amide bonds. The Bertz CT molecular complexity index is 341. The third-order valence-electron chi connectivity index (χ3n) is 3.61. The van der Waals surface area contributed by atoms with E-state index in [2.05, 4.69) is 0 Å². The number of rotatable bonds is 8. The molecule has 0 saturated carbocycles. The van der Waals surface area contributed by atoms with Gasteiger partial charge in [0, 0.05) is 0 Å². The minimum atomic E-state index is -1.86. The summed E-state index contributed by atoms with van der Waals surface area (Å²) < 4.78 is 9.99. The molecule has 0 aromatic rings. The van der Waals surface area contributed by atoms with Crippen LogP contribution in [0.3, 0.4) is 0 Å². The Morgan fingerprint density at radius 3 is 1.91 bits per heavy atom. The molecule has 1 rings (SSSR count). The van der Waals surface area contributed by atoms with E-state index in [-0.39, 0.29) is 0 Å². The first-order valence-corrected chi connectivity index (χ1v) is 6.99. The van der Waals surface area contributed by atoms with E-state index in [1.54, 1.807) is 0 Å². The Kier molecular flexibility index (Phi) is 8.20. The van der Waals surface area contributed by atoms with E-state index in [1.165, 1.54) is 0 Å². The third-order valence-corrected chi connectivity index (χ3v) is 3.61. The lowest BCUT2D eigenvalue weighted by Crippen LogP contribution is -2.59. The van der Waals surface area contributed by atoms with E-state index in [0.717, 1.165) is 0 Å². The van der Waals surface area contributed by atoms with Crippen molar-refractivity contribution < 1.29 is 55.4 Å². The Labute approximate surface area is 131 Å². The molecule has 1 fully saturated rings. The van der Waals surface area contributed by atoms with Gasteiger partial charge in [0.05, 0.1) is 19.8 Å². The van der Waals surface area contributed by atoms with Crippen LogP contribution in [0, 0.1) is 0 Å². The predicted molar refractivity (Wildman–Crippen MR) is 70.8 cm³/mol. The SMILES string of the molecule is OC[C@H](O)[C@H](O)[C@H](O)[C@H](O)CO[C@H]1O[C@H](CO)[C@@H](O)[C@@H](O)[C@H]1O. The largest absolute Gasteiger partial charge is 0.394 e. The molecule has 11 nitrogen and oxygen atoms in total. The molecule has 1 heterocycles.